The lowest BCUT2D eigenvalue weighted by Crippen LogP contribution is -2.54. The summed E-state index contributed by atoms with van der Waals surface area (Å²) in [5.74, 6) is -2.36. The van der Waals surface area contributed by atoms with Gasteiger partial charge in [0.05, 0.1) is 13.0 Å². The molecule has 1 aromatic carbocycles. The zero-order chi connectivity index (χ0) is 21.2. The van der Waals surface area contributed by atoms with Crippen molar-refractivity contribution in [3.8, 4) is 0 Å². The van der Waals surface area contributed by atoms with E-state index in [0.29, 0.717) is 6.42 Å². The molecule has 2 rings (SSSR count). The molecule has 1 aromatic rings. The molecule has 29 heavy (non-hydrogen) atoms. The number of hydrogen-bond donors (Lipinski definition) is 3. The number of methoxy groups -OCH3 is 1. The van der Waals surface area contributed by atoms with E-state index >= 15 is 0 Å². The van der Waals surface area contributed by atoms with Gasteiger partial charge in [0.1, 0.15) is 6.04 Å². The molecule has 8 nitrogen and oxygen atoms in total. The second-order valence-electron chi connectivity index (χ2n) is 7.37. The Morgan fingerprint density at radius 1 is 1.07 bits per heavy atom. The largest absolute Gasteiger partial charge is 0.469 e. The highest BCUT2D eigenvalue weighted by Gasteiger charge is 2.32. The van der Waals surface area contributed by atoms with Crippen LogP contribution in [-0.2, 0) is 30.3 Å². The van der Waals surface area contributed by atoms with Crippen LogP contribution >= 0.6 is 0 Å². The van der Waals surface area contributed by atoms with Gasteiger partial charge < -0.3 is 10.1 Å². The Kier molecular flexibility index (Phi) is 8.64. The number of hydrogen-bond acceptors (Lipinski definition) is 5. The Bertz CT molecular complexity index is 716. The SMILES string of the molecule is COC(=O)C(CC(=O)NNC(=O)C(NC(C)=O)C1CCCC1)Cc1ccccc1. The van der Waals surface area contributed by atoms with E-state index in [1.807, 2.05) is 30.3 Å². The van der Waals surface area contributed by atoms with Crippen molar-refractivity contribution in [3.63, 3.8) is 0 Å². The lowest BCUT2D eigenvalue weighted by atomic mass is 9.96. The average molecular weight is 403 g/mol. The lowest BCUT2D eigenvalue weighted by molar-refractivity contribution is -0.147. The minimum atomic E-state index is -0.684. The van der Waals surface area contributed by atoms with Gasteiger partial charge in [-0.2, -0.15) is 0 Å². The summed E-state index contributed by atoms with van der Waals surface area (Å²) in [5.41, 5.74) is 5.65. The maximum atomic E-state index is 12.5. The normalized spacial score (nSPS) is 15.8. The average Bonchev–Trinajstić information content (AvgIpc) is 3.24. The molecule has 1 saturated carbocycles. The van der Waals surface area contributed by atoms with E-state index in [-0.39, 0.29) is 18.2 Å². The summed E-state index contributed by atoms with van der Waals surface area (Å²) in [6, 6.07) is 8.64. The quantitative estimate of drug-likeness (QED) is 0.447. The fourth-order valence-electron chi connectivity index (χ4n) is 3.70. The van der Waals surface area contributed by atoms with Crippen molar-refractivity contribution in [2.75, 3.05) is 7.11 Å². The van der Waals surface area contributed by atoms with Crippen LogP contribution in [0, 0.1) is 11.8 Å². The van der Waals surface area contributed by atoms with E-state index in [4.69, 9.17) is 4.74 Å². The zero-order valence-corrected chi connectivity index (χ0v) is 16.9. The molecule has 0 heterocycles. The van der Waals surface area contributed by atoms with E-state index in [9.17, 15) is 19.2 Å². The molecular formula is C21H29N3O5. The fourth-order valence-corrected chi connectivity index (χ4v) is 3.70. The van der Waals surface area contributed by atoms with Crippen LogP contribution in [0.1, 0.15) is 44.6 Å². The Morgan fingerprint density at radius 2 is 1.72 bits per heavy atom. The van der Waals surface area contributed by atoms with Crippen molar-refractivity contribution in [2.45, 2.75) is 51.5 Å². The minimum absolute atomic E-state index is 0.0525. The molecule has 3 N–H and O–H groups in total. The monoisotopic (exact) mass is 403 g/mol. The molecule has 1 fully saturated rings. The number of nitrogens with one attached hydrogen (secondary N) is 3. The van der Waals surface area contributed by atoms with Crippen molar-refractivity contribution >= 4 is 23.7 Å². The summed E-state index contributed by atoms with van der Waals surface area (Å²) >= 11 is 0. The number of carbonyl (C=O) groups is 4. The summed E-state index contributed by atoms with van der Waals surface area (Å²) < 4.78 is 4.81. The van der Waals surface area contributed by atoms with Gasteiger partial charge in [0.25, 0.3) is 5.91 Å². The summed E-state index contributed by atoms with van der Waals surface area (Å²) in [4.78, 5) is 48.3. The molecule has 0 aliphatic heterocycles. The van der Waals surface area contributed by atoms with E-state index in [1.165, 1.54) is 14.0 Å². The van der Waals surface area contributed by atoms with Crippen molar-refractivity contribution < 1.29 is 23.9 Å². The second kappa shape index (κ2) is 11.2. The molecule has 0 spiro atoms. The first-order valence-electron chi connectivity index (χ1n) is 9.88. The van der Waals surface area contributed by atoms with Crippen LogP contribution in [0.15, 0.2) is 30.3 Å². The highest BCUT2D eigenvalue weighted by molar-refractivity contribution is 5.89. The lowest BCUT2D eigenvalue weighted by Gasteiger charge is -2.23. The van der Waals surface area contributed by atoms with E-state index < -0.39 is 29.7 Å². The number of amides is 3. The minimum Gasteiger partial charge on any atom is -0.469 e. The van der Waals surface area contributed by atoms with Gasteiger partial charge in [0.2, 0.25) is 11.8 Å². The second-order valence-corrected chi connectivity index (χ2v) is 7.37. The first-order valence-corrected chi connectivity index (χ1v) is 9.88. The number of benzene rings is 1. The predicted molar refractivity (Wildman–Crippen MR) is 106 cm³/mol. The van der Waals surface area contributed by atoms with Gasteiger partial charge in [0, 0.05) is 13.3 Å². The molecule has 2 unspecified atom stereocenters. The third-order valence-corrected chi connectivity index (χ3v) is 5.13. The molecule has 0 saturated heterocycles. The van der Waals surface area contributed by atoms with Crippen LogP contribution in [0.3, 0.4) is 0 Å². The Morgan fingerprint density at radius 3 is 2.31 bits per heavy atom. The van der Waals surface area contributed by atoms with E-state index in [2.05, 4.69) is 16.2 Å². The smallest absolute Gasteiger partial charge is 0.309 e. The molecule has 2 atom stereocenters. The van der Waals surface area contributed by atoms with Gasteiger partial charge in [-0.25, -0.2) is 0 Å². The standard InChI is InChI=1S/C21H29N3O5/c1-14(25)22-19(16-10-6-7-11-16)20(27)24-23-18(26)13-17(21(28)29-2)12-15-8-4-3-5-9-15/h3-5,8-9,16-17,19H,6-7,10-13H2,1-2H3,(H,22,25)(H,23,26)(H,24,27). The maximum Gasteiger partial charge on any atom is 0.309 e. The Labute approximate surface area is 170 Å². The van der Waals surface area contributed by atoms with Gasteiger partial charge in [-0.1, -0.05) is 43.2 Å². The van der Waals surface area contributed by atoms with Crippen molar-refractivity contribution in [1.29, 1.82) is 0 Å². The third-order valence-electron chi connectivity index (χ3n) is 5.13. The van der Waals surface area contributed by atoms with Crippen LogP contribution in [0.5, 0.6) is 0 Å². The Hall–Kier alpha value is -2.90. The maximum absolute atomic E-state index is 12.5. The number of carbonyl (C=O) groups excluding carboxylic acids is 4. The summed E-state index contributed by atoms with van der Waals surface area (Å²) in [6.07, 6.45) is 3.96. The Balaban J connectivity index is 1.91. The highest BCUT2D eigenvalue weighted by atomic mass is 16.5. The highest BCUT2D eigenvalue weighted by Crippen LogP contribution is 2.27. The van der Waals surface area contributed by atoms with Gasteiger partial charge in [-0.05, 0) is 30.7 Å². The van der Waals surface area contributed by atoms with Gasteiger partial charge in [0.15, 0.2) is 0 Å². The number of ether oxygens (including phenoxy) is 1. The zero-order valence-electron chi connectivity index (χ0n) is 16.9. The van der Waals surface area contributed by atoms with Crippen LogP contribution in [0.2, 0.25) is 0 Å². The predicted octanol–water partition coefficient (Wildman–Crippen LogP) is 1.25. The van der Waals surface area contributed by atoms with Crippen LogP contribution < -0.4 is 16.2 Å². The summed E-state index contributed by atoms with van der Waals surface area (Å²) in [6.45, 7) is 1.36. The molecule has 158 valence electrons. The molecule has 0 bridgehead atoms. The molecule has 0 radical (unpaired) electrons. The van der Waals surface area contributed by atoms with Crippen LogP contribution in [0.4, 0.5) is 0 Å². The van der Waals surface area contributed by atoms with E-state index in [1.54, 1.807) is 0 Å². The number of esters is 1. The van der Waals surface area contributed by atoms with Gasteiger partial charge >= 0.3 is 5.97 Å². The molecule has 1 aliphatic carbocycles. The third kappa shape index (κ3) is 7.21. The molecule has 1 aliphatic rings. The molecule has 8 heteroatoms. The van der Waals surface area contributed by atoms with Crippen molar-refractivity contribution in [1.82, 2.24) is 16.2 Å². The molecular weight excluding hydrogens is 374 g/mol. The summed E-state index contributed by atoms with van der Waals surface area (Å²) in [7, 11) is 1.28. The topological polar surface area (TPSA) is 114 Å². The number of hydrazine groups is 1. The van der Waals surface area contributed by atoms with E-state index in [0.717, 1.165) is 31.2 Å². The van der Waals surface area contributed by atoms with Gasteiger partial charge in [-0.15, -0.1) is 0 Å². The van der Waals surface area contributed by atoms with Crippen LogP contribution in [-0.4, -0.2) is 36.8 Å². The van der Waals surface area contributed by atoms with Gasteiger partial charge in [-0.3, -0.25) is 30.0 Å². The summed E-state index contributed by atoms with van der Waals surface area (Å²) in [5, 5.41) is 2.67. The molecule has 0 aromatic heterocycles. The van der Waals surface area contributed by atoms with Crippen molar-refractivity contribution in [2.24, 2.45) is 11.8 Å². The molecule has 3 amide bonds. The van der Waals surface area contributed by atoms with Crippen LogP contribution in [0.25, 0.3) is 0 Å². The fraction of sp³-hybridized carbons (Fsp3) is 0.524. The first-order chi connectivity index (χ1) is 13.9. The number of rotatable bonds is 8. The van der Waals surface area contributed by atoms with Crippen molar-refractivity contribution in [3.05, 3.63) is 35.9 Å². The first kappa shape index (κ1) is 22.4.